The molecule has 0 saturated heterocycles. The minimum absolute atomic E-state index is 0. The summed E-state index contributed by atoms with van der Waals surface area (Å²) in [5.74, 6) is 0.662. The Labute approximate surface area is 217 Å². The largest absolute Gasteiger partial charge is 1.00 e. The van der Waals surface area contributed by atoms with Crippen molar-refractivity contribution in [1.82, 2.24) is 0 Å². The minimum atomic E-state index is -0.921. The van der Waals surface area contributed by atoms with E-state index in [4.69, 9.17) is 0 Å². The summed E-state index contributed by atoms with van der Waals surface area (Å²) >= 11 is 0. The molecule has 0 atom stereocenters. The molecule has 0 aromatic carbocycles. The monoisotopic (exact) mass is 446 g/mol. The summed E-state index contributed by atoms with van der Waals surface area (Å²) in [7, 11) is 4.03. The molecule has 0 aliphatic heterocycles. The average molecular weight is 447 g/mol. The van der Waals surface area contributed by atoms with Crippen molar-refractivity contribution < 1.29 is 57.5 Å². The SMILES string of the molecule is O=C([O-])CCCCCCCCCCSSCCCCCCCCCCC(=O)[O-].[Li+].[Li+]. The number of rotatable bonds is 23. The Morgan fingerprint density at radius 3 is 0.933 bits per heavy atom. The van der Waals surface area contributed by atoms with Crippen LogP contribution in [0.4, 0.5) is 0 Å². The molecule has 0 fully saturated rings. The summed E-state index contributed by atoms with van der Waals surface area (Å²) in [5.41, 5.74) is 0. The molecule has 0 aliphatic carbocycles. The third-order valence-electron chi connectivity index (χ3n) is 4.80. The molecule has 166 valence electrons. The third kappa shape index (κ3) is 33.5. The summed E-state index contributed by atoms with van der Waals surface area (Å²) < 4.78 is 0. The van der Waals surface area contributed by atoms with E-state index >= 15 is 0 Å². The zero-order chi connectivity index (χ0) is 20.7. The fourth-order valence-corrected chi connectivity index (χ4v) is 5.39. The van der Waals surface area contributed by atoms with Gasteiger partial charge in [-0.1, -0.05) is 98.6 Å². The zero-order valence-electron chi connectivity index (χ0n) is 19.6. The van der Waals surface area contributed by atoms with Gasteiger partial charge in [0.25, 0.3) is 0 Å². The summed E-state index contributed by atoms with van der Waals surface area (Å²) in [6.45, 7) is 0. The number of unbranched alkanes of at least 4 members (excludes halogenated alkanes) is 14. The van der Waals surface area contributed by atoms with Crippen molar-refractivity contribution in [2.45, 2.75) is 116 Å². The Balaban J connectivity index is -0.00000364. The van der Waals surface area contributed by atoms with Crippen molar-refractivity contribution in [3.05, 3.63) is 0 Å². The second-order valence-corrected chi connectivity index (χ2v) is 10.2. The number of carbonyl (C=O) groups is 2. The van der Waals surface area contributed by atoms with Crippen LogP contribution in [0.3, 0.4) is 0 Å². The van der Waals surface area contributed by atoms with E-state index in [0.717, 1.165) is 38.5 Å². The molecule has 0 N–H and O–H groups in total. The fraction of sp³-hybridized carbons (Fsp3) is 0.909. The molecule has 0 heterocycles. The Morgan fingerprint density at radius 1 is 0.433 bits per heavy atom. The first-order valence-electron chi connectivity index (χ1n) is 11.3. The minimum Gasteiger partial charge on any atom is -0.550 e. The average Bonchev–Trinajstić information content (AvgIpc) is 2.65. The molecule has 0 aromatic rings. The molecule has 0 saturated carbocycles. The summed E-state index contributed by atoms with van der Waals surface area (Å²) in [5, 5.41) is 20.6. The van der Waals surface area contributed by atoms with Crippen LogP contribution in [-0.4, -0.2) is 23.4 Å². The number of carboxylic acids is 2. The van der Waals surface area contributed by atoms with Crippen LogP contribution in [0, 0.1) is 0 Å². The van der Waals surface area contributed by atoms with Crippen LogP contribution in [0.2, 0.25) is 0 Å². The number of carboxylic acid groups (broad SMARTS) is 2. The quantitative estimate of drug-likeness (QED) is 0.113. The Hall–Kier alpha value is 0.835. The number of hydrogen-bond acceptors (Lipinski definition) is 6. The molecule has 4 nitrogen and oxygen atoms in total. The molecule has 0 spiro atoms. The third-order valence-corrected chi connectivity index (χ3v) is 7.38. The van der Waals surface area contributed by atoms with Crippen LogP contribution in [0.1, 0.15) is 116 Å². The van der Waals surface area contributed by atoms with Gasteiger partial charge in [-0.15, -0.1) is 0 Å². The van der Waals surface area contributed by atoms with Gasteiger partial charge in [-0.2, -0.15) is 0 Å². The van der Waals surface area contributed by atoms with Gasteiger partial charge in [0.15, 0.2) is 0 Å². The maximum Gasteiger partial charge on any atom is 1.00 e. The molecule has 0 rings (SSSR count). The first-order valence-corrected chi connectivity index (χ1v) is 13.8. The smallest absolute Gasteiger partial charge is 0.550 e. The van der Waals surface area contributed by atoms with Gasteiger partial charge >= 0.3 is 37.7 Å². The van der Waals surface area contributed by atoms with Crippen molar-refractivity contribution in [2.75, 3.05) is 11.5 Å². The van der Waals surface area contributed by atoms with Crippen LogP contribution in [0.15, 0.2) is 0 Å². The molecular weight excluding hydrogens is 406 g/mol. The maximum absolute atomic E-state index is 10.3. The van der Waals surface area contributed by atoms with Gasteiger partial charge in [0, 0.05) is 23.4 Å². The topological polar surface area (TPSA) is 80.3 Å². The standard InChI is InChI=1S/C22H42O4S2.2Li/c23-21(24)17-13-9-5-1-3-7-11-15-19-27-28-20-16-12-8-4-2-6-10-14-18-22(25)26;;/h1-20H2,(H,23,24)(H,25,26);;/q;2*+1/p-2. The fourth-order valence-electron chi connectivity index (χ4n) is 3.10. The number of aliphatic carboxylic acids is 2. The summed E-state index contributed by atoms with van der Waals surface area (Å²) in [4.78, 5) is 20.6. The Morgan fingerprint density at radius 2 is 0.667 bits per heavy atom. The van der Waals surface area contributed by atoms with Gasteiger partial charge < -0.3 is 19.8 Å². The van der Waals surface area contributed by atoms with Crippen LogP contribution < -0.4 is 47.9 Å². The van der Waals surface area contributed by atoms with Gasteiger partial charge in [0.1, 0.15) is 0 Å². The molecule has 0 bridgehead atoms. The van der Waals surface area contributed by atoms with E-state index in [1.807, 2.05) is 21.6 Å². The van der Waals surface area contributed by atoms with Gasteiger partial charge in [0.05, 0.1) is 0 Å². The Kier molecular flexibility index (Phi) is 35.2. The van der Waals surface area contributed by atoms with Crippen LogP contribution in [-0.2, 0) is 9.59 Å². The second-order valence-electron chi connectivity index (χ2n) is 7.54. The second kappa shape index (κ2) is 29.8. The molecule has 0 radical (unpaired) electrons. The van der Waals surface area contributed by atoms with Gasteiger partial charge in [-0.25, -0.2) is 0 Å². The number of carbonyl (C=O) groups excluding carboxylic acids is 2. The van der Waals surface area contributed by atoms with E-state index in [9.17, 15) is 19.8 Å². The van der Waals surface area contributed by atoms with E-state index in [2.05, 4.69) is 0 Å². The van der Waals surface area contributed by atoms with E-state index < -0.39 is 11.9 Å². The van der Waals surface area contributed by atoms with Gasteiger partial charge in [0.2, 0.25) is 0 Å². The van der Waals surface area contributed by atoms with E-state index in [1.54, 1.807) is 0 Å². The predicted molar refractivity (Wildman–Crippen MR) is 118 cm³/mol. The molecule has 30 heavy (non-hydrogen) atoms. The van der Waals surface area contributed by atoms with E-state index in [0.29, 0.717) is 0 Å². The van der Waals surface area contributed by atoms with Crippen LogP contribution >= 0.6 is 21.6 Å². The molecular formula is C22H40Li2O4S2. The van der Waals surface area contributed by atoms with Crippen molar-refractivity contribution in [2.24, 2.45) is 0 Å². The molecule has 8 heteroatoms. The number of hydrogen-bond donors (Lipinski definition) is 0. The normalized spacial score (nSPS) is 10.3. The van der Waals surface area contributed by atoms with Crippen LogP contribution in [0.5, 0.6) is 0 Å². The maximum atomic E-state index is 10.3. The Bertz CT molecular complexity index is 341. The van der Waals surface area contributed by atoms with Gasteiger partial charge in [-0.3, -0.25) is 0 Å². The summed E-state index contributed by atoms with van der Waals surface area (Å²) in [6.07, 6.45) is 19.2. The predicted octanol–water partition coefficient (Wildman–Crippen LogP) is -1.10. The van der Waals surface area contributed by atoms with Crippen molar-refractivity contribution in [3.8, 4) is 0 Å². The van der Waals surface area contributed by atoms with Crippen molar-refractivity contribution >= 4 is 33.5 Å². The molecule has 0 unspecified atom stereocenters. The molecule has 0 aliphatic rings. The first kappa shape index (κ1) is 35.4. The molecule has 0 amide bonds. The van der Waals surface area contributed by atoms with E-state index in [1.165, 1.54) is 75.7 Å². The summed E-state index contributed by atoms with van der Waals surface area (Å²) in [6, 6.07) is 0. The zero-order valence-corrected chi connectivity index (χ0v) is 21.2. The van der Waals surface area contributed by atoms with Gasteiger partial charge in [-0.05, 0) is 38.5 Å². The first-order chi connectivity index (χ1) is 13.6. The van der Waals surface area contributed by atoms with Crippen molar-refractivity contribution in [1.29, 1.82) is 0 Å². The van der Waals surface area contributed by atoms with Crippen molar-refractivity contribution in [3.63, 3.8) is 0 Å². The van der Waals surface area contributed by atoms with Crippen LogP contribution in [0.25, 0.3) is 0 Å². The van der Waals surface area contributed by atoms with E-state index in [-0.39, 0.29) is 50.6 Å². The molecule has 0 aromatic heterocycles.